The largest absolute Gasteiger partial charge is 0.430 e. The molecule has 0 fully saturated rings. The van der Waals surface area contributed by atoms with E-state index in [4.69, 9.17) is 16.3 Å². The maximum atomic E-state index is 13.1. The van der Waals surface area contributed by atoms with Crippen molar-refractivity contribution in [2.24, 2.45) is 0 Å². The second-order valence-corrected chi connectivity index (χ2v) is 4.21. The van der Waals surface area contributed by atoms with E-state index in [1.165, 1.54) is 6.33 Å². The molecule has 0 unspecified atom stereocenters. The van der Waals surface area contributed by atoms with Gasteiger partial charge in [0.05, 0.1) is 17.3 Å². The van der Waals surface area contributed by atoms with Crippen LogP contribution in [0.1, 0.15) is 0 Å². The zero-order valence-corrected chi connectivity index (χ0v) is 10.8. The Balaban J connectivity index is 2.10. The van der Waals surface area contributed by atoms with Gasteiger partial charge in [-0.2, -0.15) is 9.97 Å². The van der Waals surface area contributed by atoms with Crippen LogP contribution in [0, 0.1) is 15.9 Å². The monoisotopic (exact) mass is 309 g/mol. The van der Waals surface area contributed by atoms with Crippen molar-refractivity contribution in [1.82, 2.24) is 19.9 Å². The van der Waals surface area contributed by atoms with Crippen molar-refractivity contribution in [2.75, 3.05) is 0 Å². The number of aromatic amines is 1. The molecular weight excluding hydrogens is 305 g/mol. The maximum absolute atomic E-state index is 13.1. The number of hydrogen-bond acceptors (Lipinski definition) is 6. The molecule has 2 heterocycles. The van der Waals surface area contributed by atoms with Crippen LogP contribution in [0.15, 0.2) is 24.5 Å². The van der Waals surface area contributed by atoms with Gasteiger partial charge in [0.25, 0.3) is 0 Å². The molecule has 2 aromatic heterocycles. The number of fused-ring (bicyclic) bond motifs is 1. The van der Waals surface area contributed by atoms with Crippen LogP contribution in [-0.2, 0) is 0 Å². The van der Waals surface area contributed by atoms with Crippen LogP contribution in [0.4, 0.5) is 10.1 Å². The zero-order valence-electron chi connectivity index (χ0n) is 10.1. The van der Waals surface area contributed by atoms with E-state index in [0.717, 1.165) is 18.2 Å². The Hall–Kier alpha value is -2.81. The predicted molar refractivity (Wildman–Crippen MR) is 69.8 cm³/mol. The first-order valence-electron chi connectivity index (χ1n) is 5.53. The third kappa shape index (κ3) is 2.46. The summed E-state index contributed by atoms with van der Waals surface area (Å²) in [5.41, 5.74) is 0.0326. The number of benzene rings is 1. The molecule has 0 aliphatic rings. The molecule has 0 spiro atoms. The summed E-state index contributed by atoms with van der Waals surface area (Å²) in [6, 6.07) is 2.92. The van der Waals surface area contributed by atoms with Gasteiger partial charge in [-0.1, -0.05) is 0 Å². The molecule has 21 heavy (non-hydrogen) atoms. The molecule has 0 atom stereocenters. The Bertz CT molecular complexity index is 853. The average Bonchev–Trinajstić information content (AvgIpc) is 2.88. The highest BCUT2D eigenvalue weighted by Crippen LogP contribution is 2.33. The van der Waals surface area contributed by atoms with Crippen LogP contribution >= 0.6 is 11.6 Å². The van der Waals surface area contributed by atoms with Crippen LogP contribution in [0.2, 0.25) is 5.28 Å². The Kier molecular flexibility index (Phi) is 3.10. The number of nitrogens with one attached hydrogen (secondary N) is 1. The summed E-state index contributed by atoms with van der Waals surface area (Å²) < 4.78 is 18.5. The Labute approximate surface area is 120 Å². The highest BCUT2D eigenvalue weighted by Gasteiger charge is 2.19. The van der Waals surface area contributed by atoms with Crippen molar-refractivity contribution in [3.63, 3.8) is 0 Å². The fourth-order valence-electron chi connectivity index (χ4n) is 1.68. The number of ether oxygens (including phenoxy) is 1. The van der Waals surface area contributed by atoms with Crippen LogP contribution in [0.5, 0.6) is 11.6 Å². The summed E-state index contributed by atoms with van der Waals surface area (Å²) in [6.45, 7) is 0. The number of nitro benzene ring substituents is 1. The van der Waals surface area contributed by atoms with E-state index in [2.05, 4.69) is 19.9 Å². The minimum Gasteiger partial charge on any atom is -0.430 e. The van der Waals surface area contributed by atoms with Crippen molar-refractivity contribution < 1.29 is 14.1 Å². The minimum atomic E-state index is -0.759. The SMILES string of the molecule is O=[N+]([O-])c1cc(F)ccc1Oc1nc(Cl)nc2nc[nH]c12. The fourth-order valence-corrected chi connectivity index (χ4v) is 1.84. The predicted octanol–water partition coefficient (Wildman–Crippen LogP) is 2.85. The van der Waals surface area contributed by atoms with E-state index in [1.807, 2.05) is 0 Å². The molecule has 0 aliphatic heterocycles. The van der Waals surface area contributed by atoms with Crippen LogP contribution in [0.25, 0.3) is 11.2 Å². The lowest BCUT2D eigenvalue weighted by molar-refractivity contribution is -0.385. The third-order valence-electron chi connectivity index (χ3n) is 2.55. The minimum absolute atomic E-state index is 0.0443. The first kappa shape index (κ1) is 13.2. The topological polar surface area (TPSA) is 107 Å². The van der Waals surface area contributed by atoms with Gasteiger partial charge in [-0.05, 0) is 23.7 Å². The van der Waals surface area contributed by atoms with E-state index in [9.17, 15) is 14.5 Å². The van der Waals surface area contributed by atoms with Crippen molar-refractivity contribution in [3.8, 4) is 11.6 Å². The molecule has 3 rings (SSSR count). The third-order valence-corrected chi connectivity index (χ3v) is 2.72. The highest BCUT2D eigenvalue weighted by atomic mass is 35.5. The molecule has 0 radical (unpaired) electrons. The number of aromatic nitrogens is 4. The number of rotatable bonds is 3. The Morgan fingerprint density at radius 3 is 2.95 bits per heavy atom. The van der Waals surface area contributed by atoms with Gasteiger partial charge >= 0.3 is 5.69 Å². The number of H-pyrrole nitrogens is 1. The lowest BCUT2D eigenvalue weighted by atomic mass is 10.3. The van der Waals surface area contributed by atoms with Gasteiger partial charge in [0, 0.05) is 0 Å². The lowest BCUT2D eigenvalue weighted by Crippen LogP contribution is -1.97. The van der Waals surface area contributed by atoms with Crippen LogP contribution in [-0.4, -0.2) is 24.9 Å². The summed E-state index contributed by atoms with van der Waals surface area (Å²) in [4.78, 5) is 24.5. The smallest absolute Gasteiger partial charge is 0.314 e. The van der Waals surface area contributed by atoms with Gasteiger partial charge in [-0.3, -0.25) is 10.1 Å². The summed E-state index contributed by atoms with van der Waals surface area (Å²) in [5.74, 6) is -0.967. The molecular formula is C11H5ClFN5O3. The van der Waals surface area contributed by atoms with E-state index < -0.39 is 16.4 Å². The molecule has 1 aromatic carbocycles. The molecule has 0 amide bonds. The van der Waals surface area contributed by atoms with Crippen molar-refractivity contribution in [3.05, 3.63) is 45.7 Å². The van der Waals surface area contributed by atoms with E-state index in [1.54, 1.807) is 0 Å². The van der Waals surface area contributed by atoms with E-state index >= 15 is 0 Å². The van der Waals surface area contributed by atoms with Gasteiger partial charge < -0.3 is 9.72 Å². The number of imidazole rings is 1. The van der Waals surface area contributed by atoms with E-state index in [0.29, 0.717) is 5.52 Å². The molecule has 0 aliphatic carbocycles. The molecule has 1 N–H and O–H groups in total. The Morgan fingerprint density at radius 1 is 1.38 bits per heavy atom. The number of nitro groups is 1. The second-order valence-electron chi connectivity index (χ2n) is 3.87. The average molecular weight is 310 g/mol. The van der Waals surface area contributed by atoms with Crippen molar-refractivity contribution in [2.45, 2.75) is 0 Å². The van der Waals surface area contributed by atoms with Gasteiger partial charge in [-0.25, -0.2) is 9.37 Å². The second kappa shape index (κ2) is 4.94. The fraction of sp³-hybridized carbons (Fsp3) is 0. The molecule has 3 aromatic rings. The van der Waals surface area contributed by atoms with Crippen molar-refractivity contribution >= 4 is 28.5 Å². The molecule has 0 saturated carbocycles. The normalized spacial score (nSPS) is 10.8. The molecule has 106 valence electrons. The highest BCUT2D eigenvalue weighted by molar-refractivity contribution is 6.28. The molecule has 10 heteroatoms. The molecule has 8 nitrogen and oxygen atoms in total. The molecule has 0 saturated heterocycles. The summed E-state index contributed by atoms with van der Waals surface area (Å²) in [5, 5.41) is 10.8. The number of hydrogen-bond donors (Lipinski definition) is 1. The quantitative estimate of drug-likeness (QED) is 0.453. The zero-order chi connectivity index (χ0) is 15.0. The van der Waals surface area contributed by atoms with Gasteiger partial charge in [0.15, 0.2) is 5.65 Å². The first-order chi connectivity index (χ1) is 10.0. The summed E-state index contributed by atoms with van der Waals surface area (Å²) in [6.07, 6.45) is 1.35. The van der Waals surface area contributed by atoms with Crippen LogP contribution < -0.4 is 4.74 Å². The van der Waals surface area contributed by atoms with Gasteiger partial charge in [0.1, 0.15) is 11.3 Å². The number of nitrogens with zero attached hydrogens (tertiary/aromatic N) is 4. The van der Waals surface area contributed by atoms with E-state index in [-0.39, 0.29) is 22.6 Å². The lowest BCUT2D eigenvalue weighted by Gasteiger charge is -2.06. The summed E-state index contributed by atoms with van der Waals surface area (Å²) in [7, 11) is 0. The number of halogens is 2. The molecule has 0 bridgehead atoms. The van der Waals surface area contributed by atoms with Gasteiger partial charge in [0.2, 0.25) is 16.9 Å². The van der Waals surface area contributed by atoms with Gasteiger partial charge in [-0.15, -0.1) is 0 Å². The van der Waals surface area contributed by atoms with Crippen LogP contribution in [0.3, 0.4) is 0 Å². The van der Waals surface area contributed by atoms with Crippen molar-refractivity contribution in [1.29, 1.82) is 0 Å². The maximum Gasteiger partial charge on any atom is 0.314 e. The standard InChI is InChI=1S/C11H5ClFN5O3/c12-11-16-9-8(14-4-15-9)10(17-11)21-7-2-1-5(13)3-6(7)18(19)20/h1-4H,(H,14,15,16,17). The Morgan fingerprint density at radius 2 is 2.19 bits per heavy atom. The summed E-state index contributed by atoms with van der Waals surface area (Å²) >= 11 is 5.72. The first-order valence-corrected chi connectivity index (χ1v) is 5.91.